The van der Waals surface area contributed by atoms with Crippen molar-refractivity contribution in [1.29, 1.82) is 5.41 Å². The SMILES string of the molecule is CCCc1cc(=O)[nH]c(Sc2ccc(C(=N)N)cc2)n1. The van der Waals surface area contributed by atoms with Crippen molar-refractivity contribution in [3.63, 3.8) is 0 Å². The summed E-state index contributed by atoms with van der Waals surface area (Å²) >= 11 is 1.38. The zero-order chi connectivity index (χ0) is 14.5. The standard InChI is InChI=1S/C14H16N4OS/c1-2-3-10-8-12(19)18-14(17-10)20-11-6-4-9(5-7-11)13(15)16/h4-8H,2-3H2,1H3,(H3,15,16)(H,17,18,19). The van der Waals surface area contributed by atoms with E-state index in [9.17, 15) is 4.79 Å². The van der Waals surface area contributed by atoms with E-state index < -0.39 is 0 Å². The van der Waals surface area contributed by atoms with Crippen molar-refractivity contribution in [3.8, 4) is 0 Å². The fourth-order valence-electron chi connectivity index (χ4n) is 1.73. The summed E-state index contributed by atoms with van der Waals surface area (Å²) in [5.41, 5.74) is 6.75. The van der Waals surface area contributed by atoms with Gasteiger partial charge in [0.05, 0.1) is 0 Å². The van der Waals surface area contributed by atoms with Crippen molar-refractivity contribution < 1.29 is 0 Å². The first-order valence-electron chi connectivity index (χ1n) is 6.31. The third-order valence-corrected chi connectivity index (χ3v) is 3.55. The van der Waals surface area contributed by atoms with Crippen molar-refractivity contribution in [2.75, 3.05) is 0 Å². The van der Waals surface area contributed by atoms with Gasteiger partial charge in [0.2, 0.25) is 0 Å². The van der Waals surface area contributed by atoms with E-state index in [-0.39, 0.29) is 11.4 Å². The van der Waals surface area contributed by atoms with Crippen molar-refractivity contribution in [1.82, 2.24) is 9.97 Å². The molecule has 2 aromatic rings. The van der Waals surface area contributed by atoms with Crippen molar-refractivity contribution in [3.05, 3.63) is 51.9 Å². The van der Waals surface area contributed by atoms with Crippen LogP contribution in [0.1, 0.15) is 24.6 Å². The van der Waals surface area contributed by atoms with Crippen LogP contribution in [0.5, 0.6) is 0 Å². The summed E-state index contributed by atoms with van der Waals surface area (Å²) in [7, 11) is 0. The lowest BCUT2D eigenvalue weighted by atomic mass is 10.2. The first-order chi connectivity index (χ1) is 9.58. The van der Waals surface area contributed by atoms with Crippen LogP contribution in [0.15, 0.2) is 45.2 Å². The lowest BCUT2D eigenvalue weighted by Crippen LogP contribution is -2.10. The van der Waals surface area contributed by atoms with Gasteiger partial charge in [0.15, 0.2) is 5.16 Å². The highest BCUT2D eigenvalue weighted by molar-refractivity contribution is 7.99. The summed E-state index contributed by atoms with van der Waals surface area (Å²) in [6, 6.07) is 8.80. The number of aromatic nitrogens is 2. The molecule has 0 spiro atoms. The van der Waals surface area contributed by atoms with Gasteiger partial charge in [-0.2, -0.15) is 0 Å². The van der Waals surface area contributed by atoms with Crippen LogP contribution in [0.3, 0.4) is 0 Å². The minimum atomic E-state index is -0.133. The smallest absolute Gasteiger partial charge is 0.251 e. The van der Waals surface area contributed by atoms with E-state index in [0.29, 0.717) is 10.7 Å². The molecular weight excluding hydrogens is 272 g/mol. The number of nitrogens with two attached hydrogens (primary N) is 1. The highest BCUT2D eigenvalue weighted by atomic mass is 32.2. The van der Waals surface area contributed by atoms with Gasteiger partial charge in [-0.25, -0.2) is 4.98 Å². The van der Waals surface area contributed by atoms with E-state index >= 15 is 0 Å². The van der Waals surface area contributed by atoms with Crippen LogP contribution in [0.2, 0.25) is 0 Å². The second kappa shape index (κ2) is 6.38. The molecule has 1 aromatic carbocycles. The molecule has 0 atom stereocenters. The van der Waals surface area contributed by atoms with Gasteiger partial charge in [0, 0.05) is 22.2 Å². The average molecular weight is 288 g/mol. The molecule has 1 heterocycles. The third kappa shape index (κ3) is 3.71. The van der Waals surface area contributed by atoms with E-state index in [4.69, 9.17) is 11.1 Å². The number of aromatic amines is 1. The molecule has 0 fully saturated rings. The highest BCUT2D eigenvalue weighted by Crippen LogP contribution is 2.24. The van der Waals surface area contributed by atoms with Crippen LogP contribution in [0.4, 0.5) is 0 Å². The number of hydrogen-bond donors (Lipinski definition) is 3. The summed E-state index contributed by atoms with van der Waals surface area (Å²) in [5.74, 6) is 0.0398. The molecule has 0 amide bonds. The van der Waals surface area contributed by atoms with Gasteiger partial charge < -0.3 is 10.7 Å². The highest BCUT2D eigenvalue weighted by Gasteiger charge is 2.04. The number of amidine groups is 1. The number of aryl methyl sites for hydroxylation is 1. The van der Waals surface area contributed by atoms with Crippen molar-refractivity contribution >= 4 is 17.6 Å². The van der Waals surface area contributed by atoms with E-state index in [1.165, 1.54) is 17.8 Å². The molecule has 0 bridgehead atoms. The monoisotopic (exact) mass is 288 g/mol. The molecule has 0 radical (unpaired) electrons. The number of benzene rings is 1. The van der Waals surface area contributed by atoms with Crippen LogP contribution < -0.4 is 11.3 Å². The zero-order valence-electron chi connectivity index (χ0n) is 11.1. The normalized spacial score (nSPS) is 10.4. The molecule has 4 N–H and O–H groups in total. The topological polar surface area (TPSA) is 95.6 Å². The largest absolute Gasteiger partial charge is 0.384 e. The van der Waals surface area contributed by atoms with Crippen LogP contribution in [0.25, 0.3) is 0 Å². The molecular formula is C14H16N4OS. The average Bonchev–Trinajstić information content (AvgIpc) is 2.39. The fraction of sp³-hybridized carbons (Fsp3) is 0.214. The number of hydrogen-bond acceptors (Lipinski definition) is 4. The molecule has 104 valence electrons. The summed E-state index contributed by atoms with van der Waals surface area (Å²) in [6.07, 6.45) is 1.74. The maximum absolute atomic E-state index is 11.6. The number of nitrogens with one attached hydrogen (secondary N) is 2. The number of H-pyrrole nitrogens is 1. The number of nitrogen functional groups attached to an aromatic ring is 1. The minimum Gasteiger partial charge on any atom is -0.384 e. The van der Waals surface area contributed by atoms with Gasteiger partial charge in [0.1, 0.15) is 5.84 Å². The van der Waals surface area contributed by atoms with Gasteiger partial charge in [-0.1, -0.05) is 37.2 Å². The summed E-state index contributed by atoms with van der Waals surface area (Å²) in [6.45, 7) is 2.05. The molecule has 1 aromatic heterocycles. The van der Waals surface area contributed by atoms with Crippen LogP contribution in [-0.4, -0.2) is 15.8 Å². The van der Waals surface area contributed by atoms with Crippen molar-refractivity contribution in [2.45, 2.75) is 29.8 Å². The zero-order valence-corrected chi connectivity index (χ0v) is 12.0. The molecule has 20 heavy (non-hydrogen) atoms. The number of nitrogens with zero attached hydrogens (tertiary/aromatic N) is 1. The molecule has 0 aliphatic heterocycles. The van der Waals surface area contributed by atoms with Gasteiger partial charge >= 0.3 is 0 Å². The Morgan fingerprint density at radius 1 is 1.40 bits per heavy atom. The Kier molecular flexibility index (Phi) is 4.57. The Bertz CT molecular complexity index is 664. The second-order valence-corrected chi connectivity index (χ2v) is 5.39. The Balaban J connectivity index is 2.20. The van der Waals surface area contributed by atoms with Gasteiger partial charge in [-0.3, -0.25) is 10.2 Å². The Hall–Kier alpha value is -2.08. The molecule has 6 heteroatoms. The molecule has 5 nitrogen and oxygen atoms in total. The quantitative estimate of drug-likeness (QED) is 0.446. The summed E-state index contributed by atoms with van der Waals surface area (Å²) < 4.78 is 0. The summed E-state index contributed by atoms with van der Waals surface area (Å²) in [5, 5.41) is 7.92. The van der Waals surface area contributed by atoms with E-state index in [1.54, 1.807) is 12.1 Å². The molecule has 0 unspecified atom stereocenters. The fourth-order valence-corrected chi connectivity index (χ4v) is 2.54. The summed E-state index contributed by atoms with van der Waals surface area (Å²) in [4.78, 5) is 19.6. The maximum atomic E-state index is 11.6. The molecule has 2 rings (SSSR count). The van der Waals surface area contributed by atoms with E-state index in [0.717, 1.165) is 23.4 Å². The molecule has 0 aliphatic rings. The molecule has 0 saturated carbocycles. The van der Waals surface area contributed by atoms with E-state index in [1.807, 2.05) is 12.1 Å². The first-order valence-corrected chi connectivity index (χ1v) is 7.12. The van der Waals surface area contributed by atoms with Crippen LogP contribution in [0, 0.1) is 5.41 Å². The van der Waals surface area contributed by atoms with Gasteiger partial charge in [-0.05, 0) is 18.6 Å². The van der Waals surface area contributed by atoms with Gasteiger partial charge in [-0.15, -0.1) is 0 Å². The van der Waals surface area contributed by atoms with Crippen LogP contribution >= 0.6 is 11.8 Å². The van der Waals surface area contributed by atoms with Crippen LogP contribution in [-0.2, 0) is 6.42 Å². The maximum Gasteiger partial charge on any atom is 0.251 e. The predicted molar refractivity (Wildman–Crippen MR) is 80.4 cm³/mol. The lowest BCUT2D eigenvalue weighted by molar-refractivity contribution is 0.816. The third-order valence-electron chi connectivity index (χ3n) is 2.66. The number of rotatable bonds is 5. The molecule has 0 saturated heterocycles. The second-order valence-electron chi connectivity index (χ2n) is 4.33. The molecule has 0 aliphatic carbocycles. The Morgan fingerprint density at radius 3 is 2.70 bits per heavy atom. The Morgan fingerprint density at radius 2 is 2.10 bits per heavy atom. The predicted octanol–water partition coefficient (Wildman–Crippen LogP) is 2.16. The Labute approximate surface area is 121 Å². The first kappa shape index (κ1) is 14.3. The van der Waals surface area contributed by atoms with Crippen molar-refractivity contribution in [2.24, 2.45) is 5.73 Å². The minimum absolute atomic E-state index is 0.0398. The van der Waals surface area contributed by atoms with Gasteiger partial charge in [0.25, 0.3) is 5.56 Å². The lowest BCUT2D eigenvalue weighted by Gasteiger charge is -2.04. The van der Waals surface area contributed by atoms with E-state index in [2.05, 4.69) is 16.9 Å².